The second-order valence-corrected chi connectivity index (χ2v) is 5.26. The van der Waals surface area contributed by atoms with Gasteiger partial charge < -0.3 is 4.74 Å². The van der Waals surface area contributed by atoms with Crippen LogP contribution >= 0.6 is 46.4 Å². The summed E-state index contributed by atoms with van der Waals surface area (Å²) < 4.78 is 5.92. The van der Waals surface area contributed by atoms with Crippen LogP contribution in [0.1, 0.15) is 11.1 Å². The highest BCUT2D eigenvalue weighted by atomic mass is 35.5. The highest BCUT2D eigenvalue weighted by Gasteiger charge is 2.11. The molecule has 0 aliphatic rings. The summed E-state index contributed by atoms with van der Waals surface area (Å²) in [6, 6.07) is 14.6. The van der Waals surface area contributed by atoms with Crippen molar-refractivity contribution in [3.63, 3.8) is 0 Å². The van der Waals surface area contributed by atoms with Crippen LogP contribution in [0.5, 0.6) is 11.5 Å². The third-order valence-corrected chi connectivity index (χ3v) is 3.99. The number of hydrogen-bond acceptors (Lipinski definition) is 1. The van der Waals surface area contributed by atoms with E-state index >= 15 is 0 Å². The molecule has 0 unspecified atom stereocenters. The van der Waals surface area contributed by atoms with Crippen molar-refractivity contribution in [1.82, 2.24) is 0 Å². The summed E-state index contributed by atoms with van der Waals surface area (Å²) >= 11 is 23.5. The maximum atomic E-state index is 6.08. The highest BCUT2D eigenvalue weighted by Crippen LogP contribution is 2.36. The summed E-state index contributed by atoms with van der Waals surface area (Å²) in [5.41, 5.74) is 3.97. The molecule has 21 heavy (non-hydrogen) atoms. The average molecular weight is 360 g/mol. The fraction of sp³-hybridized carbons (Fsp3) is 0. The number of rotatable bonds is 4. The normalized spacial score (nSPS) is 12.4. The van der Waals surface area contributed by atoms with E-state index < -0.39 is 0 Å². The number of benzene rings is 2. The van der Waals surface area contributed by atoms with E-state index in [4.69, 9.17) is 51.1 Å². The topological polar surface area (TPSA) is 9.23 Å². The maximum absolute atomic E-state index is 6.08. The molecule has 0 bridgehead atoms. The predicted octanol–water partition coefficient (Wildman–Crippen LogP) is 7.03. The van der Waals surface area contributed by atoms with Crippen LogP contribution in [0.25, 0.3) is 10.1 Å². The van der Waals surface area contributed by atoms with E-state index in [-0.39, 0.29) is 0 Å². The van der Waals surface area contributed by atoms with Crippen LogP contribution in [0.2, 0.25) is 0 Å². The van der Waals surface area contributed by atoms with E-state index in [1.807, 2.05) is 36.4 Å². The molecule has 2 rings (SSSR count). The van der Waals surface area contributed by atoms with Gasteiger partial charge in [-0.2, -0.15) is 0 Å². The molecule has 2 aromatic rings. The van der Waals surface area contributed by atoms with Gasteiger partial charge in [0.15, 0.2) is 0 Å². The van der Waals surface area contributed by atoms with Crippen molar-refractivity contribution in [1.29, 1.82) is 0 Å². The van der Waals surface area contributed by atoms with Crippen molar-refractivity contribution in [2.45, 2.75) is 0 Å². The molecule has 0 aliphatic heterocycles. The first-order valence-corrected chi connectivity index (χ1v) is 7.58. The molecule has 0 spiro atoms. The summed E-state index contributed by atoms with van der Waals surface area (Å²) in [6.07, 6.45) is 0. The Morgan fingerprint density at radius 1 is 0.714 bits per heavy atom. The molecule has 5 heteroatoms. The molecule has 0 N–H and O–H groups in total. The molecular weight excluding hydrogens is 350 g/mol. The van der Waals surface area contributed by atoms with E-state index in [0.29, 0.717) is 32.7 Å². The summed E-state index contributed by atoms with van der Waals surface area (Å²) in [5.74, 6) is 1.15. The molecule has 0 saturated heterocycles. The quantitative estimate of drug-likeness (QED) is 0.569. The second kappa shape index (κ2) is 7.77. The maximum Gasteiger partial charge on any atom is 0.136 e. The van der Waals surface area contributed by atoms with Gasteiger partial charge in [0.1, 0.15) is 11.5 Å². The van der Waals surface area contributed by atoms with E-state index in [0.717, 1.165) is 0 Å². The van der Waals surface area contributed by atoms with Gasteiger partial charge in [-0.25, -0.2) is 0 Å². The predicted molar refractivity (Wildman–Crippen MR) is 92.3 cm³/mol. The third kappa shape index (κ3) is 3.96. The monoisotopic (exact) mass is 358 g/mol. The molecule has 0 atom stereocenters. The molecule has 0 saturated carbocycles. The third-order valence-electron chi connectivity index (χ3n) is 2.70. The largest absolute Gasteiger partial charge is 0.456 e. The van der Waals surface area contributed by atoms with Crippen LogP contribution < -0.4 is 4.74 Å². The molecule has 0 amide bonds. The molecular formula is C16H10Cl4O. The Bertz CT molecular complexity index is 633. The molecule has 0 aromatic heterocycles. The van der Waals surface area contributed by atoms with Gasteiger partial charge in [0.2, 0.25) is 0 Å². The van der Waals surface area contributed by atoms with Crippen LogP contribution in [0, 0.1) is 0 Å². The van der Waals surface area contributed by atoms with Gasteiger partial charge in [-0.1, -0.05) is 70.7 Å². The zero-order chi connectivity index (χ0) is 15.2. The van der Waals surface area contributed by atoms with Crippen molar-refractivity contribution < 1.29 is 4.74 Å². The van der Waals surface area contributed by atoms with Gasteiger partial charge in [-0.3, -0.25) is 0 Å². The molecule has 0 heterocycles. The Morgan fingerprint density at radius 3 is 1.48 bits per heavy atom. The van der Waals surface area contributed by atoms with Gasteiger partial charge in [-0.05, 0) is 24.3 Å². The van der Waals surface area contributed by atoms with Gasteiger partial charge in [0.05, 0.1) is 10.1 Å². The number of ether oxygens (including phenoxy) is 1. The molecule has 1 nitrogen and oxygen atoms in total. The average Bonchev–Trinajstić information content (AvgIpc) is 2.54. The summed E-state index contributed by atoms with van der Waals surface area (Å²) in [6.45, 7) is 0. The fourth-order valence-corrected chi connectivity index (χ4v) is 2.29. The number of hydrogen-bond donors (Lipinski definition) is 0. The lowest BCUT2D eigenvalue weighted by molar-refractivity contribution is 0.480. The van der Waals surface area contributed by atoms with E-state index in [2.05, 4.69) is 0 Å². The van der Waals surface area contributed by atoms with E-state index in [9.17, 15) is 0 Å². The molecule has 0 aliphatic carbocycles. The van der Waals surface area contributed by atoms with E-state index in [1.54, 1.807) is 12.1 Å². The first-order valence-electron chi connectivity index (χ1n) is 5.95. The van der Waals surface area contributed by atoms with Crippen LogP contribution in [-0.2, 0) is 0 Å². The zero-order valence-electron chi connectivity index (χ0n) is 10.7. The van der Waals surface area contributed by atoms with Crippen molar-refractivity contribution in [2.24, 2.45) is 0 Å². The lowest BCUT2D eigenvalue weighted by Gasteiger charge is -2.13. The fourth-order valence-electron chi connectivity index (χ4n) is 1.74. The highest BCUT2D eigenvalue weighted by molar-refractivity contribution is 6.53. The Labute approximate surface area is 143 Å². The van der Waals surface area contributed by atoms with Crippen LogP contribution in [-0.4, -0.2) is 0 Å². The molecule has 2 aromatic carbocycles. The van der Waals surface area contributed by atoms with Gasteiger partial charge in [0, 0.05) is 22.2 Å². The Morgan fingerprint density at radius 2 is 1.10 bits per heavy atom. The lowest BCUT2D eigenvalue weighted by Crippen LogP contribution is -1.92. The van der Waals surface area contributed by atoms with Gasteiger partial charge in [0.25, 0.3) is 0 Å². The standard InChI is InChI=1S/C16H10Cl4O/c17-9-13(19)11-5-1-3-7-15(11)21-16-8-4-2-6-12(16)14(20)10-18/h1-10H. The molecule has 0 radical (unpaired) electrons. The van der Waals surface area contributed by atoms with E-state index in [1.165, 1.54) is 11.1 Å². The second-order valence-electron chi connectivity index (χ2n) is 4.01. The molecule has 0 fully saturated rings. The Hall–Kier alpha value is -1.12. The molecule has 108 valence electrons. The van der Waals surface area contributed by atoms with Gasteiger partial charge in [-0.15, -0.1) is 0 Å². The minimum absolute atomic E-state index is 0.392. The lowest BCUT2D eigenvalue weighted by atomic mass is 10.1. The van der Waals surface area contributed by atoms with Gasteiger partial charge >= 0.3 is 0 Å². The minimum atomic E-state index is 0.392. The number of para-hydroxylation sites is 2. The van der Waals surface area contributed by atoms with Crippen LogP contribution in [0.4, 0.5) is 0 Å². The summed E-state index contributed by atoms with van der Waals surface area (Å²) in [7, 11) is 0. The first-order chi connectivity index (χ1) is 10.2. The van der Waals surface area contributed by atoms with Crippen molar-refractivity contribution >= 4 is 56.5 Å². The Balaban J connectivity index is 2.45. The van der Waals surface area contributed by atoms with Crippen molar-refractivity contribution in [2.75, 3.05) is 0 Å². The minimum Gasteiger partial charge on any atom is -0.456 e. The first kappa shape index (κ1) is 16.3. The zero-order valence-corrected chi connectivity index (χ0v) is 13.7. The summed E-state index contributed by atoms with van der Waals surface area (Å²) in [4.78, 5) is 0. The smallest absolute Gasteiger partial charge is 0.136 e. The SMILES string of the molecule is ClC=C(Cl)c1ccccc1Oc1ccccc1C(Cl)=CCl. The Kier molecular flexibility index (Phi) is 6.01. The van der Waals surface area contributed by atoms with Crippen molar-refractivity contribution in [3.05, 3.63) is 70.7 Å². The summed E-state index contributed by atoms with van der Waals surface area (Å²) in [5, 5.41) is 0.785. The van der Waals surface area contributed by atoms with Crippen LogP contribution in [0.15, 0.2) is 59.6 Å². The van der Waals surface area contributed by atoms with Crippen LogP contribution in [0.3, 0.4) is 0 Å². The number of halogens is 4. The van der Waals surface area contributed by atoms with Crippen molar-refractivity contribution in [3.8, 4) is 11.5 Å².